The van der Waals surface area contributed by atoms with Crippen molar-refractivity contribution >= 4 is 0 Å². The molecule has 17 nitrogen and oxygen atoms in total. The van der Waals surface area contributed by atoms with Crippen molar-refractivity contribution < 1.29 is 80.9 Å². The molecule has 1 saturated heterocycles. The van der Waals surface area contributed by atoms with Crippen molar-refractivity contribution in [2.24, 2.45) is 0 Å². The highest BCUT2D eigenvalue weighted by atomic mass is 16.6. The molecule has 0 aromatic carbocycles. The van der Waals surface area contributed by atoms with Crippen LogP contribution in [-0.4, -0.2) is 222 Å². The van der Waals surface area contributed by atoms with Gasteiger partial charge in [-0.05, 0) is 6.92 Å². The van der Waals surface area contributed by atoms with Crippen LogP contribution in [0.1, 0.15) is 6.92 Å². The van der Waals surface area contributed by atoms with Crippen LogP contribution in [0.15, 0.2) is 0 Å². The van der Waals surface area contributed by atoms with Crippen molar-refractivity contribution in [1.82, 2.24) is 0 Å². The molecule has 2 unspecified atom stereocenters. The van der Waals surface area contributed by atoms with E-state index in [-0.39, 0.29) is 13.2 Å². The van der Waals surface area contributed by atoms with Crippen LogP contribution in [0, 0.1) is 0 Å². The molecule has 1 N–H and O–H groups in total. The van der Waals surface area contributed by atoms with Gasteiger partial charge in [0, 0.05) is 6.61 Å². The lowest BCUT2D eigenvalue weighted by Gasteiger charge is -2.11. The van der Waals surface area contributed by atoms with Gasteiger partial charge < -0.3 is 80.9 Å². The standard InChI is InChI=1S/C34H68O17/c1-2-36-29-33(35)30-49-27-25-47-23-21-45-19-17-43-15-13-41-11-9-39-7-5-37-3-4-38-6-8-40-10-12-42-14-16-44-18-20-46-22-24-48-26-28-50-31-34-32-51-34/h33-35H,2-32H2,1H3. The summed E-state index contributed by atoms with van der Waals surface area (Å²) in [5.74, 6) is 0. The van der Waals surface area contributed by atoms with E-state index in [1.807, 2.05) is 6.92 Å². The molecule has 0 bridgehead atoms. The topological polar surface area (TPSA) is 171 Å². The number of rotatable bonds is 46. The van der Waals surface area contributed by atoms with Crippen LogP contribution in [-0.2, 0) is 75.8 Å². The highest BCUT2D eigenvalue weighted by Crippen LogP contribution is 2.08. The third-order valence-corrected chi connectivity index (χ3v) is 6.37. The van der Waals surface area contributed by atoms with Crippen LogP contribution in [0.5, 0.6) is 0 Å². The van der Waals surface area contributed by atoms with E-state index in [9.17, 15) is 5.11 Å². The minimum atomic E-state index is -0.608. The van der Waals surface area contributed by atoms with Gasteiger partial charge in [-0.3, -0.25) is 0 Å². The minimum Gasteiger partial charge on any atom is -0.388 e. The summed E-state index contributed by atoms with van der Waals surface area (Å²) < 4.78 is 86.4. The Morgan fingerprint density at radius 3 is 0.824 bits per heavy atom. The van der Waals surface area contributed by atoms with Crippen LogP contribution in [0.2, 0.25) is 0 Å². The molecule has 306 valence electrons. The zero-order valence-corrected chi connectivity index (χ0v) is 31.1. The largest absolute Gasteiger partial charge is 0.388 e. The molecule has 0 aliphatic carbocycles. The summed E-state index contributed by atoms with van der Waals surface area (Å²) in [5, 5.41) is 9.57. The summed E-state index contributed by atoms with van der Waals surface area (Å²) >= 11 is 0. The summed E-state index contributed by atoms with van der Waals surface area (Å²) in [4.78, 5) is 0. The second-order valence-corrected chi connectivity index (χ2v) is 10.8. The molecular formula is C34H68O17. The zero-order valence-electron chi connectivity index (χ0n) is 31.1. The summed E-state index contributed by atoms with van der Waals surface area (Å²) in [6.07, 6.45) is -0.316. The monoisotopic (exact) mass is 748 g/mol. The van der Waals surface area contributed by atoms with Crippen LogP contribution < -0.4 is 0 Å². The minimum absolute atomic E-state index is 0.237. The fourth-order valence-corrected chi connectivity index (χ4v) is 3.66. The maximum atomic E-state index is 9.57. The average Bonchev–Trinajstić information content (AvgIpc) is 3.97. The lowest BCUT2D eigenvalue weighted by molar-refractivity contribution is -0.0391. The molecule has 1 aliphatic rings. The molecule has 1 heterocycles. The van der Waals surface area contributed by atoms with Gasteiger partial charge in [0.15, 0.2) is 0 Å². The third-order valence-electron chi connectivity index (χ3n) is 6.37. The SMILES string of the molecule is CCOCC(O)COCCOCCOCCOCCOCCOCCOCCOCCOCCOCCOCCOCCOCCOCC1CO1. The van der Waals surface area contributed by atoms with E-state index in [1.165, 1.54) is 0 Å². The van der Waals surface area contributed by atoms with Crippen LogP contribution in [0.4, 0.5) is 0 Å². The number of hydrogen-bond donors (Lipinski definition) is 1. The molecule has 51 heavy (non-hydrogen) atoms. The first-order chi connectivity index (χ1) is 25.3. The predicted octanol–water partition coefficient (Wildman–Crippen LogP) is 0.0150. The van der Waals surface area contributed by atoms with Gasteiger partial charge in [0.1, 0.15) is 12.2 Å². The third kappa shape index (κ3) is 41.9. The van der Waals surface area contributed by atoms with Crippen molar-refractivity contribution in [2.45, 2.75) is 19.1 Å². The molecule has 0 aromatic rings. The quantitative estimate of drug-likeness (QED) is 0.0652. The van der Waals surface area contributed by atoms with Crippen molar-refractivity contribution in [3.05, 3.63) is 0 Å². The van der Waals surface area contributed by atoms with Crippen LogP contribution in [0.3, 0.4) is 0 Å². The van der Waals surface area contributed by atoms with Gasteiger partial charge in [-0.25, -0.2) is 0 Å². The number of hydrogen-bond acceptors (Lipinski definition) is 17. The number of aliphatic hydroxyl groups excluding tert-OH is 1. The van der Waals surface area contributed by atoms with E-state index >= 15 is 0 Å². The van der Waals surface area contributed by atoms with E-state index in [0.717, 1.165) is 6.61 Å². The average molecular weight is 749 g/mol. The number of ether oxygens (including phenoxy) is 16. The number of aliphatic hydroxyl groups is 1. The fraction of sp³-hybridized carbons (Fsp3) is 1.00. The summed E-state index contributed by atoms with van der Waals surface area (Å²) in [6, 6.07) is 0. The zero-order chi connectivity index (χ0) is 36.4. The van der Waals surface area contributed by atoms with Gasteiger partial charge in [0.2, 0.25) is 0 Å². The molecule has 0 saturated carbocycles. The van der Waals surface area contributed by atoms with E-state index in [4.69, 9.17) is 75.8 Å². The van der Waals surface area contributed by atoms with Gasteiger partial charge in [-0.15, -0.1) is 0 Å². The Morgan fingerprint density at radius 2 is 0.588 bits per heavy atom. The Balaban J connectivity index is 1.59. The predicted molar refractivity (Wildman–Crippen MR) is 184 cm³/mol. The molecule has 1 rings (SSSR count). The maximum Gasteiger partial charge on any atom is 0.104 e. The van der Waals surface area contributed by atoms with Crippen LogP contribution >= 0.6 is 0 Å². The Kier molecular flexibility index (Phi) is 39.9. The van der Waals surface area contributed by atoms with E-state index in [2.05, 4.69) is 0 Å². The Hall–Kier alpha value is -0.680. The van der Waals surface area contributed by atoms with E-state index in [0.29, 0.717) is 191 Å². The summed E-state index contributed by atoms with van der Waals surface area (Å²) in [7, 11) is 0. The molecule has 1 aliphatic heterocycles. The lowest BCUT2D eigenvalue weighted by atomic mass is 10.4. The number of epoxide rings is 1. The van der Waals surface area contributed by atoms with Gasteiger partial charge in [0.25, 0.3) is 0 Å². The lowest BCUT2D eigenvalue weighted by Crippen LogP contribution is -2.23. The summed E-state index contributed by atoms with van der Waals surface area (Å²) in [6.45, 7) is 17.5. The van der Waals surface area contributed by atoms with Gasteiger partial charge in [-0.2, -0.15) is 0 Å². The Morgan fingerprint density at radius 1 is 0.373 bits per heavy atom. The van der Waals surface area contributed by atoms with Crippen molar-refractivity contribution in [2.75, 3.05) is 205 Å². The first-order valence-electron chi connectivity index (χ1n) is 18.3. The van der Waals surface area contributed by atoms with Crippen molar-refractivity contribution in [3.63, 3.8) is 0 Å². The van der Waals surface area contributed by atoms with Gasteiger partial charge in [-0.1, -0.05) is 0 Å². The van der Waals surface area contributed by atoms with Crippen LogP contribution in [0.25, 0.3) is 0 Å². The normalized spacial score (nSPS) is 14.8. The molecule has 1 fully saturated rings. The fourth-order valence-electron chi connectivity index (χ4n) is 3.66. The second-order valence-electron chi connectivity index (χ2n) is 10.8. The van der Waals surface area contributed by atoms with Gasteiger partial charge >= 0.3 is 0 Å². The first-order valence-corrected chi connectivity index (χ1v) is 18.3. The highest BCUT2D eigenvalue weighted by molar-refractivity contribution is 4.66. The van der Waals surface area contributed by atoms with E-state index < -0.39 is 6.10 Å². The maximum absolute atomic E-state index is 9.57. The molecule has 17 heteroatoms. The van der Waals surface area contributed by atoms with Crippen molar-refractivity contribution in [1.29, 1.82) is 0 Å². The second kappa shape index (κ2) is 42.1. The smallest absolute Gasteiger partial charge is 0.104 e. The molecule has 0 spiro atoms. The molecular weight excluding hydrogens is 680 g/mol. The Bertz CT molecular complexity index is 650. The van der Waals surface area contributed by atoms with E-state index in [1.54, 1.807) is 0 Å². The highest BCUT2D eigenvalue weighted by Gasteiger charge is 2.21. The molecule has 0 radical (unpaired) electrons. The molecule has 0 amide bonds. The molecule has 0 aromatic heterocycles. The molecule has 2 atom stereocenters. The summed E-state index contributed by atoms with van der Waals surface area (Å²) in [5.41, 5.74) is 0. The Labute approximate surface area is 304 Å². The van der Waals surface area contributed by atoms with Gasteiger partial charge in [0.05, 0.1) is 198 Å². The first kappa shape index (κ1) is 48.3. The van der Waals surface area contributed by atoms with Crippen molar-refractivity contribution in [3.8, 4) is 0 Å².